The fourth-order valence-electron chi connectivity index (χ4n) is 2.80. The van der Waals surface area contributed by atoms with E-state index in [0.29, 0.717) is 28.7 Å². The van der Waals surface area contributed by atoms with Crippen molar-refractivity contribution in [3.05, 3.63) is 24.2 Å². The Balaban J connectivity index is 1.58. The summed E-state index contributed by atoms with van der Waals surface area (Å²) in [6.07, 6.45) is 4.71. The maximum atomic E-state index is 15.1. The number of alkyl halides is 1. The lowest BCUT2D eigenvalue weighted by Gasteiger charge is -2.20. The Labute approximate surface area is 140 Å². The van der Waals surface area contributed by atoms with Crippen LogP contribution in [-0.4, -0.2) is 49.2 Å². The number of rotatable bonds is 3. The zero-order valence-corrected chi connectivity index (χ0v) is 13.6. The second-order valence-corrected chi connectivity index (χ2v) is 6.55. The number of thiazole rings is 1. The SMILES string of the molecule is Cn1cnc2c(N3CCC(F)(C(=O)Nc4nccs4)C3)ncnc21. The Morgan fingerprint density at radius 3 is 3.04 bits per heavy atom. The van der Waals surface area contributed by atoms with Crippen LogP contribution in [0.3, 0.4) is 0 Å². The van der Waals surface area contributed by atoms with Crippen LogP contribution in [0.15, 0.2) is 24.2 Å². The van der Waals surface area contributed by atoms with Gasteiger partial charge in [-0.25, -0.2) is 24.3 Å². The fourth-order valence-corrected chi connectivity index (χ4v) is 3.32. The number of aryl methyl sites for hydroxylation is 1. The zero-order chi connectivity index (χ0) is 16.7. The van der Waals surface area contributed by atoms with Crippen LogP contribution in [0.4, 0.5) is 15.3 Å². The summed E-state index contributed by atoms with van der Waals surface area (Å²) in [7, 11) is 1.83. The molecule has 3 aromatic rings. The third-order valence-electron chi connectivity index (χ3n) is 4.06. The lowest BCUT2D eigenvalue weighted by Crippen LogP contribution is -2.41. The molecule has 1 unspecified atom stereocenters. The molecular formula is C14H14FN7OS. The van der Waals surface area contributed by atoms with Crippen molar-refractivity contribution < 1.29 is 9.18 Å². The summed E-state index contributed by atoms with van der Waals surface area (Å²) in [6.45, 7) is 0.303. The minimum atomic E-state index is -1.99. The van der Waals surface area contributed by atoms with Gasteiger partial charge in [-0.15, -0.1) is 11.3 Å². The van der Waals surface area contributed by atoms with Crippen LogP contribution in [0, 0.1) is 0 Å². The third-order valence-corrected chi connectivity index (χ3v) is 4.75. The topological polar surface area (TPSA) is 88.8 Å². The van der Waals surface area contributed by atoms with Crippen LogP contribution in [0.2, 0.25) is 0 Å². The molecule has 1 N–H and O–H groups in total. The molecule has 24 heavy (non-hydrogen) atoms. The van der Waals surface area contributed by atoms with Gasteiger partial charge in [-0.3, -0.25) is 10.1 Å². The summed E-state index contributed by atoms with van der Waals surface area (Å²) in [5.41, 5.74) is -0.717. The predicted molar refractivity (Wildman–Crippen MR) is 87.7 cm³/mol. The van der Waals surface area contributed by atoms with Gasteiger partial charge in [0.1, 0.15) is 6.33 Å². The molecule has 0 aromatic carbocycles. The van der Waals surface area contributed by atoms with Gasteiger partial charge >= 0.3 is 0 Å². The van der Waals surface area contributed by atoms with Gasteiger partial charge in [0, 0.05) is 31.6 Å². The summed E-state index contributed by atoms with van der Waals surface area (Å²) in [4.78, 5) is 30.7. The Morgan fingerprint density at radius 2 is 2.25 bits per heavy atom. The highest BCUT2D eigenvalue weighted by molar-refractivity contribution is 7.13. The highest BCUT2D eigenvalue weighted by atomic mass is 32.1. The molecule has 1 aliphatic rings. The van der Waals surface area contributed by atoms with E-state index in [4.69, 9.17) is 0 Å². The van der Waals surface area contributed by atoms with Crippen LogP contribution in [-0.2, 0) is 11.8 Å². The Hall–Kier alpha value is -2.62. The first-order valence-corrected chi connectivity index (χ1v) is 8.22. The number of aromatic nitrogens is 5. The monoisotopic (exact) mass is 347 g/mol. The molecule has 1 fully saturated rings. The molecule has 124 valence electrons. The summed E-state index contributed by atoms with van der Waals surface area (Å²) in [5, 5.41) is 4.65. The minimum absolute atomic E-state index is 0.0765. The van der Waals surface area contributed by atoms with E-state index >= 15 is 4.39 Å². The number of hydrogen-bond donors (Lipinski definition) is 1. The van der Waals surface area contributed by atoms with Crippen LogP contribution >= 0.6 is 11.3 Å². The summed E-state index contributed by atoms with van der Waals surface area (Å²) < 4.78 is 16.9. The van der Waals surface area contributed by atoms with Crippen molar-refractivity contribution in [2.75, 3.05) is 23.3 Å². The number of fused-ring (bicyclic) bond motifs is 1. The highest BCUT2D eigenvalue weighted by Gasteiger charge is 2.46. The van der Waals surface area contributed by atoms with Crippen LogP contribution in [0.5, 0.6) is 0 Å². The van der Waals surface area contributed by atoms with Crippen molar-refractivity contribution in [1.29, 1.82) is 0 Å². The van der Waals surface area contributed by atoms with E-state index in [2.05, 4.69) is 25.3 Å². The van der Waals surface area contributed by atoms with E-state index in [-0.39, 0.29) is 13.0 Å². The van der Waals surface area contributed by atoms with Gasteiger partial charge in [-0.2, -0.15) is 0 Å². The number of anilines is 2. The molecule has 1 atom stereocenters. The molecular weight excluding hydrogens is 333 g/mol. The van der Waals surface area contributed by atoms with Crippen molar-refractivity contribution >= 4 is 39.4 Å². The molecule has 8 nitrogen and oxygen atoms in total. The van der Waals surface area contributed by atoms with Crippen LogP contribution in [0.1, 0.15) is 6.42 Å². The lowest BCUT2D eigenvalue weighted by atomic mass is 10.1. The van der Waals surface area contributed by atoms with E-state index in [1.165, 1.54) is 17.7 Å². The molecule has 0 aliphatic carbocycles. The standard InChI is InChI=1S/C14H14FN7OS/c1-21-8-19-9-10(21)17-7-18-11(9)22-4-2-14(15,6-22)12(23)20-13-16-3-5-24-13/h3,5,7-8H,2,4,6H2,1H3,(H,16,20,23). The number of carbonyl (C=O) groups is 1. The molecule has 1 saturated heterocycles. The largest absolute Gasteiger partial charge is 0.351 e. The molecule has 0 saturated carbocycles. The molecule has 0 bridgehead atoms. The van der Waals surface area contributed by atoms with Crippen LogP contribution < -0.4 is 10.2 Å². The first-order valence-electron chi connectivity index (χ1n) is 7.34. The zero-order valence-electron chi connectivity index (χ0n) is 12.8. The molecule has 3 aromatic heterocycles. The second-order valence-electron chi connectivity index (χ2n) is 5.65. The molecule has 10 heteroatoms. The molecule has 4 rings (SSSR count). The number of halogens is 1. The molecule has 4 heterocycles. The Morgan fingerprint density at radius 1 is 1.38 bits per heavy atom. The average molecular weight is 347 g/mol. The van der Waals surface area contributed by atoms with Gasteiger partial charge in [0.25, 0.3) is 5.91 Å². The summed E-state index contributed by atoms with van der Waals surface area (Å²) in [6, 6.07) is 0. The number of amides is 1. The van der Waals surface area contributed by atoms with Gasteiger partial charge in [-0.1, -0.05) is 0 Å². The van der Waals surface area contributed by atoms with E-state index in [0.717, 1.165) is 0 Å². The number of hydrogen-bond acceptors (Lipinski definition) is 7. The fraction of sp³-hybridized carbons (Fsp3) is 0.357. The number of carbonyl (C=O) groups excluding carboxylic acids is 1. The lowest BCUT2D eigenvalue weighted by molar-refractivity contribution is -0.126. The molecule has 0 spiro atoms. The van der Waals surface area contributed by atoms with E-state index < -0.39 is 11.6 Å². The highest BCUT2D eigenvalue weighted by Crippen LogP contribution is 2.32. The predicted octanol–water partition coefficient (Wildman–Crippen LogP) is 1.38. The van der Waals surface area contributed by atoms with E-state index in [1.54, 1.807) is 27.4 Å². The molecule has 0 radical (unpaired) electrons. The molecule has 1 amide bonds. The van der Waals surface area contributed by atoms with Gasteiger partial charge in [-0.05, 0) is 0 Å². The van der Waals surface area contributed by atoms with Crippen molar-refractivity contribution in [1.82, 2.24) is 24.5 Å². The minimum Gasteiger partial charge on any atom is -0.351 e. The average Bonchev–Trinajstić information content (AvgIpc) is 3.29. The maximum absolute atomic E-state index is 15.1. The van der Waals surface area contributed by atoms with E-state index in [1.807, 2.05) is 7.05 Å². The summed E-state index contributed by atoms with van der Waals surface area (Å²) in [5.74, 6) is -0.131. The molecule has 1 aliphatic heterocycles. The van der Waals surface area contributed by atoms with Gasteiger partial charge < -0.3 is 9.47 Å². The maximum Gasteiger partial charge on any atom is 0.265 e. The van der Waals surface area contributed by atoms with Crippen molar-refractivity contribution in [3.63, 3.8) is 0 Å². The summed E-state index contributed by atoms with van der Waals surface area (Å²) >= 11 is 1.25. The van der Waals surface area contributed by atoms with E-state index in [9.17, 15) is 4.79 Å². The number of nitrogens with zero attached hydrogens (tertiary/aromatic N) is 6. The Bertz CT molecular complexity index is 896. The Kier molecular flexibility index (Phi) is 3.41. The van der Waals surface area contributed by atoms with Gasteiger partial charge in [0.05, 0.1) is 12.9 Å². The smallest absolute Gasteiger partial charge is 0.265 e. The van der Waals surface area contributed by atoms with Crippen LogP contribution in [0.25, 0.3) is 11.2 Å². The van der Waals surface area contributed by atoms with Gasteiger partial charge in [0.15, 0.2) is 22.1 Å². The third kappa shape index (κ3) is 2.39. The first kappa shape index (κ1) is 14.9. The van der Waals surface area contributed by atoms with Crippen molar-refractivity contribution in [2.45, 2.75) is 12.1 Å². The van der Waals surface area contributed by atoms with Crippen molar-refractivity contribution in [2.24, 2.45) is 7.05 Å². The number of imidazole rings is 1. The second kappa shape index (κ2) is 5.48. The van der Waals surface area contributed by atoms with Gasteiger partial charge in [0.2, 0.25) is 5.67 Å². The quantitative estimate of drug-likeness (QED) is 0.770. The number of nitrogens with one attached hydrogen (secondary N) is 1. The normalized spacial score (nSPS) is 20.7. The van der Waals surface area contributed by atoms with Crippen molar-refractivity contribution in [3.8, 4) is 0 Å². The first-order chi connectivity index (χ1) is 11.6.